The molecule has 43 heavy (non-hydrogen) atoms. The van der Waals surface area contributed by atoms with Gasteiger partial charge in [0.15, 0.2) is 5.82 Å². The maximum absolute atomic E-state index is 12.7. The summed E-state index contributed by atoms with van der Waals surface area (Å²) in [6, 6.07) is 9.14. The number of carbonyl (C=O) groups is 1. The van der Waals surface area contributed by atoms with Crippen molar-refractivity contribution in [2.24, 2.45) is 0 Å². The molecular formula is C32H41N5O6. The average Bonchev–Trinajstić information content (AvgIpc) is 3.33. The first-order valence-corrected chi connectivity index (χ1v) is 14.3. The molecule has 11 nitrogen and oxygen atoms in total. The van der Waals surface area contributed by atoms with E-state index in [-0.39, 0.29) is 29.4 Å². The first kappa shape index (κ1) is 31.7. The van der Waals surface area contributed by atoms with Crippen LogP contribution < -0.4 is 16.3 Å². The number of rotatable bonds is 11. The molecule has 1 aliphatic rings. The van der Waals surface area contributed by atoms with Gasteiger partial charge in [-0.05, 0) is 68.0 Å². The molecule has 0 bridgehead atoms. The van der Waals surface area contributed by atoms with Crippen molar-refractivity contribution >= 4 is 5.91 Å². The lowest BCUT2D eigenvalue weighted by atomic mass is 9.81. The summed E-state index contributed by atoms with van der Waals surface area (Å²) in [7, 11) is 0. The highest BCUT2D eigenvalue weighted by molar-refractivity contribution is 5.94. The van der Waals surface area contributed by atoms with E-state index >= 15 is 0 Å². The normalized spacial score (nSPS) is 16.7. The van der Waals surface area contributed by atoms with Crippen molar-refractivity contribution < 1.29 is 25.2 Å². The molecule has 2 atom stereocenters. The monoisotopic (exact) mass is 591 g/mol. The summed E-state index contributed by atoms with van der Waals surface area (Å²) in [5, 5.41) is 54.4. The molecule has 0 spiro atoms. The number of H-pyrrole nitrogens is 1. The molecule has 0 saturated heterocycles. The van der Waals surface area contributed by atoms with Gasteiger partial charge < -0.3 is 31.1 Å². The SMILES string of the molecule is CC(C)c1cc(-c2n[nH]c(=O)n2C2C=CC(CNCCNC(=O)c3ccc(C(C)(O)C(C)(C)O)cc3)=CC2)c(O)cc1O. The number of allylic oxidation sites excluding steroid dienone is 2. The number of nitrogens with one attached hydrogen (secondary N) is 3. The second kappa shape index (κ2) is 12.6. The molecule has 1 amide bonds. The number of aromatic hydroxyl groups is 2. The van der Waals surface area contributed by atoms with E-state index in [1.807, 2.05) is 32.1 Å². The zero-order valence-electron chi connectivity index (χ0n) is 25.2. The van der Waals surface area contributed by atoms with E-state index in [0.29, 0.717) is 54.1 Å². The van der Waals surface area contributed by atoms with Crippen molar-refractivity contribution in [2.75, 3.05) is 19.6 Å². The number of carbonyl (C=O) groups excluding carboxylic acids is 1. The van der Waals surface area contributed by atoms with E-state index in [1.54, 1.807) is 30.3 Å². The van der Waals surface area contributed by atoms with Gasteiger partial charge in [-0.3, -0.25) is 9.36 Å². The van der Waals surface area contributed by atoms with Crippen LogP contribution in [0.3, 0.4) is 0 Å². The van der Waals surface area contributed by atoms with Crippen LogP contribution in [0.4, 0.5) is 0 Å². The first-order valence-electron chi connectivity index (χ1n) is 14.3. The van der Waals surface area contributed by atoms with Crippen LogP contribution in [-0.4, -0.2) is 66.3 Å². The number of aromatic amines is 1. The number of nitrogens with zero attached hydrogens (tertiary/aromatic N) is 2. The van der Waals surface area contributed by atoms with Gasteiger partial charge in [-0.1, -0.05) is 44.2 Å². The number of aromatic nitrogens is 3. The Bertz CT molecular complexity index is 1570. The van der Waals surface area contributed by atoms with Crippen molar-refractivity contribution in [3.63, 3.8) is 0 Å². The lowest BCUT2D eigenvalue weighted by molar-refractivity contribution is -0.125. The molecule has 3 aromatic rings. The molecule has 4 rings (SSSR count). The molecular weight excluding hydrogens is 550 g/mol. The Hall–Kier alpha value is -4.19. The van der Waals surface area contributed by atoms with Crippen LogP contribution in [0.15, 0.2) is 65.0 Å². The third kappa shape index (κ3) is 6.90. The summed E-state index contributed by atoms with van der Waals surface area (Å²) in [6.07, 6.45) is 6.42. The standard InChI is InChI=1S/C32H41N5O6/c1-19(2)24-16-25(27(39)17-26(24)38)28-35-36-30(41)37(28)23-12-6-20(7-13-23)18-33-14-15-34-29(40)21-8-10-22(11-9-21)32(5,43)31(3,4)42/h6-12,16-17,19,23,33,38-39,42-43H,13-15,18H2,1-5H3,(H,34,40)(H,36,41). The van der Waals surface area contributed by atoms with Gasteiger partial charge in [-0.2, -0.15) is 5.10 Å². The Labute approximate surface area is 250 Å². The first-order chi connectivity index (χ1) is 20.2. The highest BCUT2D eigenvalue weighted by Gasteiger charge is 2.39. The topological polar surface area (TPSA) is 173 Å². The van der Waals surface area contributed by atoms with E-state index in [4.69, 9.17) is 0 Å². The zero-order chi connectivity index (χ0) is 31.5. The number of phenolic OH excluding ortho intramolecular Hbond substituents is 2. The third-order valence-electron chi connectivity index (χ3n) is 8.01. The quantitative estimate of drug-likeness (QED) is 0.167. The van der Waals surface area contributed by atoms with Crippen molar-refractivity contribution in [1.29, 1.82) is 0 Å². The minimum absolute atomic E-state index is 0.00909. The predicted molar refractivity (Wildman–Crippen MR) is 164 cm³/mol. The molecule has 230 valence electrons. The van der Waals surface area contributed by atoms with E-state index < -0.39 is 16.9 Å². The van der Waals surface area contributed by atoms with E-state index in [9.17, 15) is 30.0 Å². The molecule has 11 heteroatoms. The van der Waals surface area contributed by atoms with Gasteiger partial charge in [0.1, 0.15) is 17.1 Å². The molecule has 0 radical (unpaired) electrons. The summed E-state index contributed by atoms with van der Waals surface area (Å²) in [6.45, 7) is 9.97. The number of amides is 1. The van der Waals surface area contributed by atoms with Gasteiger partial charge in [0.05, 0.1) is 17.2 Å². The minimum Gasteiger partial charge on any atom is -0.508 e. The molecule has 1 aliphatic carbocycles. The fraction of sp³-hybridized carbons (Fsp3) is 0.406. The molecule has 1 aromatic heterocycles. The van der Waals surface area contributed by atoms with E-state index in [1.165, 1.54) is 31.4 Å². The van der Waals surface area contributed by atoms with Crippen molar-refractivity contribution in [2.45, 2.75) is 64.2 Å². The highest BCUT2D eigenvalue weighted by atomic mass is 16.4. The van der Waals surface area contributed by atoms with Gasteiger partial charge in [-0.15, -0.1) is 0 Å². The summed E-state index contributed by atoms with van der Waals surface area (Å²) >= 11 is 0. The van der Waals surface area contributed by atoms with E-state index in [0.717, 1.165) is 5.57 Å². The summed E-state index contributed by atoms with van der Waals surface area (Å²) < 4.78 is 1.50. The van der Waals surface area contributed by atoms with Crippen LogP contribution in [0.5, 0.6) is 11.5 Å². The van der Waals surface area contributed by atoms with Gasteiger partial charge in [0, 0.05) is 31.3 Å². The molecule has 7 N–H and O–H groups in total. The maximum atomic E-state index is 12.7. The molecule has 0 fully saturated rings. The van der Waals surface area contributed by atoms with Crippen molar-refractivity contribution in [1.82, 2.24) is 25.4 Å². The van der Waals surface area contributed by atoms with E-state index in [2.05, 4.69) is 20.8 Å². The number of benzene rings is 2. The number of aliphatic hydroxyl groups is 2. The van der Waals surface area contributed by atoms with Gasteiger partial charge in [0.2, 0.25) is 0 Å². The second-order valence-corrected chi connectivity index (χ2v) is 11.9. The smallest absolute Gasteiger partial charge is 0.344 e. The number of hydrogen-bond acceptors (Lipinski definition) is 8. The minimum atomic E-state index is -1.46. The van der Waals surface area contributed by atoms with Crippen LogP contribution in [0.1, 0.15) is 74.5 Å². The molecule has 2 aromatic carbocycles. The van der Waals surface area contributed by atoms with Crippen LogP contribution in [0, 0.1) is 0 Å². The van der Waals surface area contributed by atoms with Gasteiger partial charge in [-0.25, -0.2) is 9.89 Å². The lowest BCUT2D eigenvalue weighted by Gasteiger charge is -2.36. The highest BCUT2D eigenvalue weighted by Crippen LogP contribution is 2.38. The number of phenols is 2. The second-order valence-electron chi connectivity index (χ2n) is 11.9. The Morgan fingerprint density at radius 2 is 1.79 bits per heavy atom. The Balaban J connectivity index is 1.29. The zero-order valence-corrected chi connectivity index (χ0v) is 25.2. The third-order valence-corrected chi connectivity index (χ3v) is 8.01. The van der Waals surface area contributed by atoms with Crippen LogP contribution in [-0.2, 0) is 5.60 Å². The Morgan fingerprint density at radius 3 is 2.40 bits per heavy atom. The fourth-order valence-corrected chi connectivity index (χ4v) is 4.91. The average molecular weight is 592 g/mol. The van der Waals surface area contributed by atoms with Crippen molar-refractivity contribution in [3.05, 3.63) is 87.4 Å². The Kier molecular flexibility index (Phi) is 9.29. The summed E-state index contributed by atoms with van der Waals surface area (Å²) in [4.78, 5) is 25.2. The van der Waals surface area contributed by atoms with Crippen LogP contribution in [0.25, 0.3) is 11.4 Å². The maximum Gasteiger partial charge on any atom is 0.344 e. The summed E-state index contributed by atoms with van der Waals surface area (Å²) in [5.74, 6) is -0.107. The Morgan fingerprint density at radius 1 is 1.09 bits per heavy atom. The lowest BCUT2D eigenvalue weighted by Crippen LogP contribution is -2.44. The largest absolute Gasteiger partial charge is 0.508 e. The van der Waals surface area contributed by atoms with Crippen LogP contribution >= 0.6 is 0 Å². The fourth-order valence-electron chi connectivity index (χ4n) is 4.91. The predicted octanol–water partition coefficient (Wildman–Crippen LogP) is 3.20. The molecule has 0 aliphatic heterocycles. The van der Waals surface area contributed by atoms with Crippen molar-refractivity contribution in [3.8, 4) is 22.9 Å². The molecule has 0 saturated carbocycles. The number of hydrogen-bond donors (Lipinski definition) is 7. The van der Waals surface area contributed by atoms with Gasteiger partial charge in [0.25, 0.3) is 5.91 Å². The molecule has 1 heterocycles. The van der Waals surface area contributed by atoms with Gasteiger partial charge >= 0.3 is 5.69 Å². The molecule has 2 unspecified atom stereocenters. The summed E-state index contributed by atoms with van der Waals surface area (Å²) in [5.41, 5.74) is -0.191. The van der Waals surface area contributed by atoms with Crippen LogP contribution in [0.2, 0.25) is 0 Å².